The van der Waals surface area contributed by atoms with E-state index in [0.717, 1.165) is 39.3 Å². The summed E-state index contributed by atoms with van der Waals surface area (Å²) in [6.45, 7) is 3.54. The maximum Gasteiger partial charge on any atom is 0.157 e. The summed E-state index contributed by atoms with van der Waals surface area (Å²) in [7, 11) is 0. The van der Waals surface area contributed by atoms with Crippen LogP contribution in [0.2, 0.25) is 0 Å². The van der Waals surface area contributed by atoms with E-state index >= 15 is 0 Å². The zero-order valence-corrected chi connectivity index (χ0v) is 21.2. The monoisotopic (exact) mass is 454 g/mol. The molecule has 32 heavy (non-hydrogen) atoms. The van der Waals surface area contributed by atoms with Gasteiger partial charge in [0.15, 0.2) is 12.6 Å². The van der Waals surface area contributed by atoms with Gasteiger partial charge in [-0.1, -0.05) is 89.9 Å². The van der Waals surface area contributed by atoms with Gasteiger partial charge in [-0.15, -0.1) is 0 Å². The molecule has 0 saturated carbocycles. The van der Waals surface area contributed by atoms with E-state index in [0.29, 0.717) is 0 Å². The second-order valence-corrected chi connectivity index (χ2v) is 9.99. The molecule has 4 nitrogen and oxygen atoms in total. The molecule has 0 aromatic carbocycles. The van der Waals surface area contributed by atoms with Gasteiger partial charge in [0.05, 0.1) is 0 Å². The summed E-state index contributed by atoms with van der Waals surface area (Å²) in [6, 6.07) is 0. The molecule has 0 N–H and O–H groups in total. The second-order valence-electron chi connectivity index (χ2n) is 9.99. The summed E-state index contributed by atoms with van der Waals surface area (Å²) in [4.78, 5) is 0. The lowest BCUT2D eigenvalue weighted by Gasteiger charge is -2.22. The van der Waals surface area contributed by atoms with Gasteiger partial charge < -0.3 is 18.9 Å². The molecule has 190 valence electrons. The van der Waals surface area contributed by atoms with Crippen molar-refractivity contribution < 1.29 is 18.9 Å². The Morgan fingerprint density at radius 2 is 0.719 bits per heavy atom. The molecule has 0 radical (unpaired) electrons. The van der Waals surface area contributed by atoms with Crippen LogP contribution < -0.4 is 0 Å². The van der Waals surface area contributed by atoms with E-state index in [1.807, 2.05) is 0 Å². The van der Waals surface area contributed by atoms with Crippen molar-refractivity contribution in [3.63, 3.8) is 0 Å². The van der Waals surface area contributed by atoms with Gasteiger partial charge >= 0.3 is 0 Å². The van der Waals surface area contributed by atoms with E-state index in [4.69, 9.17) is 18.9 Å². The molecular weight excluding hydrogens is 400 g/mol. The molecule has 2 unspecified atom stereocenters. The minimum absolute atomic E-state index is 0.0930. The Kier molecular flexibility index (Phi) is 18.8. The quantitative estimate of drug-likeness (QED) is 0.163. The van der Waals surface area contributed by atoms with Crippen LogP contribution in [0.3, 0.4) is 0 Å². The normalized spacial score (nSPS) is 21.8. The molecule has 0 aromatic rings. The number of unbranched alkanes of at least 4 members (excludes halogenated alkanes) is 15. The van der Waals surface area contributed by atoms with Crippen molar-refractivity contribution >= 4 is 0 Å². The predicted molar refractivity (Wildman–Crippen MR) is 133 cm³/mol. The minimum Gasteiger partial charge on any atom is -0.353 e. The van der Waals surface area contributed by atoms with Gasteiger partial charge in [-0.3, -0.25) is 0 Å². The third kappa shape index (κ3) is 16.5. The van der Waals surface area contributed by atoms with Gasteiger partial charge in [0.25, 0.3) is 0 Å². The van der Waals surface area contributed by atoms with Crippen LogP contribution in [0.4, 0.5) is 0 Å². The van der Waals surface area contributed by atoms with Crippen molar-refractivity contribution in [2.24, 2.45) is 0 Å². The lowest BCUT2D eigenvalue weighted by Crippen LogP contribution is -2.22. The first-order valence-corrected chi connectivity index (χ1v) is 14.4. The molecule has 0 aromatic heterocycles. The fourth-order valence-corrected chi connectivity index (χ4v) is 4.79. The van der Waals surface area contributed by atoms with Gasteiger partial charge in [0.1, 0.15) is 0 Å². The largest absolute Gasteiger partial charge is 0.353 e. The number of ether oxygens (including phenoxy) is 4. The predicted octanol–water partition coefficient (Wildman–Crippen LogP) is 8.31. The average Bonchev–Trinajstić information content (AvgIpc) is 2.84. The van der Waals surface area contributed by atoms with Crippen LogP contribution in [-0.2, 0) is 18.9 Å². The van der Waals surface area contributed by atoms with Crippen molar-refractivity contribution in [2.45, 2.75) is 154 Å². The highest BCUT2D eigenvalue weighted by Crippen LogP contribution is 2.17. The van der Waals surface area contributed by atoms with E-state index in [2.05, 4.69) is 0 Å². The Morgan fingerprint density at radius 1 is 0.406 bits per heavy atom. The van der Waals surface area contributed by atoms with Crippen LogP contribution >= 0.6 is 0 Å². The van der Waals surface area contributed by atoms with Crippen molar-refractivity contribution in [3.8, 4) is 0 Å². The van der Waals surface area contributed by atoms with Crippen molar-refractivity contribution in [2.75, 3.05) is 26.4 Å². The zero-order valence-electron chi connectivity index (χ0n) is 21.2. The average molecular weight is 455 g/mol. The van der Waals surface area contributed by atoms with Crippen LogP contribution in [0.15, 0.2) is 0 Å². The Bertz CT molecular complexity index is 342. The maximum atomic E-state index is 5.80. The fraction of sp³-hybridized carbons (Fsp3) is 1.00. The molecule has 2 fully saturated rings. The van der Waals surface area contributed by atoms with Crippen LogP contribution in [0.5, 0.6) is 0 Å². The molecule has 2 heterocycles. The van der Waals surface area contributed by atoms with Gasteiger partial charge in [-0.25, -0.2) is 0 Å². The maximum absolute atomic E-state index is 5.80. The molecular formula is C28H54O4. The summed E-state index contributed by atoms with van der Waals surface area (Å²) < 4.78 is 22.8. The third-order valence-corrected chi connectivity index (χ3v) is 6.92. The molecule has 0 amide bonds. The van der Waals surface area contributed by atoms with Gasteiger partial charge in [0.2, 0.25) is 0 Å². The van der Waals surface area contributed by atoms with Crippen molar-refractivity contribution in [1.82, 2.24) is 0 Å². The van der Waals surface area contributed by atoms with Crippen LogP contribution in [0.25, 0.3) is 0 Å². The molecule has 2 aliphatic rings. The molecule has 2 rings (SSSR count). The van der Waals surface area contributed by atoms with E-state index in [9.17, 15) is 0 Å². The Labute approximate surface area is 199 Å². The van der Waals surface area contributed by atoms with E-state index in [-0.39, 0.29) is 12.6 Å². The number of hydrogen-bond donors (Lipinski definition) is 0. The van der Waals surface area contributed by atoms with Gasteiger partial charge in [0, 0.05) is 26.4 Å². The smallest absolute Gasteiger partial charge is 0.157 e. The minimum atomic E-state index is 0.0930. The highest BCUT2D eigenvalue weighted by molar-refractivity contribution is 4.56. The SMILES string of the molecule is C(CCCCCCCCCOC1CCCCO1)CCCCCCCCOC1CCCCO1. The molecule has 4 heteroatoms. The molecule has 2 saturated heterocycles. The van der Waals surface area contributed by atoms with E-state index in [1.165, 1.54) is 128 Å². The third-order valence-electron chi connectivity index (χ3n) is 6.92. The Hall–Kier alpha value is -0.160. The first kappa shape index (κ1) is 28.1. The lowest BCUT2D eigenvalue weighted by molar-refractivity contribution is -0.163. The summed E-state index contributed by atoms with van der Waals surface area (Å²) in [6.07, 6.45) is 29.3. The van der Waals surface area contributed by atoms with Gasteiger partial charge in [-0.2, -0.15) is 0 Å². The first-order valence-electron chi connectivity index (χ1n) is 14.4. The van der Waals surface area contributed by atoms with E-state index in [1.54, 1.807) is 0 Å². The standard InChI is InChI=1S/C28H54O4/c1(3-5-7-9-11-13-17-23-29-27-21-15-19-25-31-27)2-4-6-8-10-12-14-18-24-30-28-22-16-20-26-32-28/h27-28H,1-26H2. The van der Waals surface area contributed by atoms with Crippen LogP contribution in [-0.4, -0.2) is 39.0 Å². The topological polar surface area (TPSA) is 36.9 Å². The zero-order chi connectivity index (χ0) is 22.4. The summed E-state index contributed by atoms with van der Waals surface area (Å²) in [5.41, 5.74) is 0. The van der Waals surface area contributed by atoms with E-state index < -0.39 is 0 Å². The summed E-state index contributed by atoms with van der Waals surface area (Å²) in [5, 5.41) is 0. The number of rotatable bonds is 21. The number of hydrogen-bond acceptors (Lipinski definition) is 4. The fourth-order valence-electron chi connectivity index (χ4n) is 4.79. The highest BCUT2D eigenvalue weighted by Gasteiger charge is 2.14. The highest BCUT2D eigenvalue weighted by atomic mass is 16.7. The Morgan fingerprint density at radius 3 is 1.00 bits per heavy atom. The second kappa shape index (κ2) is 21.4. The lowest BCUT2D eigenvalue weighted by atomic mass is 10.0. The molecule has 0 bridgehead atoms. The molecule has 0 spiro atoms. The van der Waals surface area contributed by atoms with Crippen LogP contribution in [0, 0.1) is 0 Å². The summed E-state index contributed by atoms with van der Waals surface area (Å²) >= 11 is 0. The van der Waals surface area contributed by atoms with Gasteiger partial charge in [-0.05, 0) is 51.4 Å². The Balaban J connectivity index is 1.17. The first-order chi connectivity index (χ1) is 15.9. The molecule has 2 atom stereocenters. The molecule has 2 aliphatic heterocycles. The summed E-state index contributed by atoms with van der Waals surface area (Å²) in [5.74, 6) is 0. The van der Waals surface area contributed by atoms with Crippen molar-refractivity contribution in [3.05, 3.63) is 0 Å². The van der Waals surface area contributed by atoms with Crippen LogP contribution in [0.1, 0.15) is 141 Å². The van der Waals surface area contributed by atoms with Crippen molar-refractivity contribution in [1.29, 1.82) is 0 Å². The molecule has 0 aliphatic carbocycles.